The summed E-state index contributed by atoms with van der Waals surface area (Å²) < 4.78 is 35.4. The maximum absolute atomic E-state index is 11.8. The zero-order valence-electron chi connectivity index (χ0n) is 9.01. The van der Waals surface area contributed by atoms with E-state index in [0.717, 1.165) is 5.69 Å². The van der Waals surface area contributed by atoms with Crippen LogP contribution in [0.3, 0.4) is 0 Å². The van der Waals surface area contributed by atoms with Crippen LogP contribution >= 0.6 is 0 Å². The summed E-state index contributed by atoms with van der Waals surface area (Å²) >= 11 is 0. The minimum Gasteiger partial charge on any atom is -0.311 e. The van der Waals surface area contributed by atoms with Crippen molar-refractivity contribution >= 4 is 0 Å². The minimum absolute atomic E-state index is 0.0908. The summed E-state index contributed by atoms with van der Waals surface area (Å²) in [6, 6.07) is 1.74. The normalized spacial score (nSPS) is 11.8. The van der Waals surface area contributed by atoms with E-state index in [0.29, 0.717) is 18.9 Å². The maximum atomic E-state index is 11.8. The van der Waals surface area contributed by atoms with Crippen LogP contribution in [0.5, 0.6) is 0 Å². The lowest BCUT2D eigenvalue weighted by Gasteiger charge is -2.07. The van der Waals surface area contributed by atoms with Gasteiger partial charge in [-0.15, -0.1) is 0 Å². The zero-order valence-corrected chi connectivity index (χ0v) is 9.01. The van der Waals surface area contributed by atoms with Crippen molar-refractivity contribution in [2.45, 2.75) is 32.5 Å². The third-order valence-corrected chi connectivity index (χ3v) is 1.95. The van der Waals surface area contributed by atoms with Crippen molar-refractivity contribution < 1.29 is 13.2 Å². The Bertz CT molecular complexity index is 325. The Morgan fingerprint density at radius 1 is 1.38 bits per heavy atom. The first-order valence-electron chi connectivity index (χ1n) is 5.03. The van der Waals surface area contributed by atoms with E-state index in [1.54, 1.807) is 19.2 Å². The molecule has 0 aliphatic heterocycles. The zero-order chi connectivity index (χ0) is 12.0. The molecule has 0 aliphatic rings. The fraction of sp³-hybridized carbons (Fsp3) is 0.600. The van der Waals surface area contributed by atoms with Gasteiger partial charge in [0.15, 0.2) is 0 Å². The molecule has 0 atom stereocenters. The summed E-state index contributed by atoms with van der Waals surface area (Å²) in [5, 5.41) is 2.91. The summed E-state index contributed by atoms with van der Waals surface area (Å²) in [5.74, 6) is 0.662. The molecular weight excluding hydrogens is 219 g/mol. The molecule has 1 heterocycles. The van der Waals surface area contributed by atoms with Crippen LogP contribution in [0.25, 0.3) is 0 Å². The largest absolute Gasteiger partial charge is 0.389 e. The molecule has 1 N–H and O–H groups in total. The summed E-state index contributed by atoms with van der Waals surface area (Å²) in [6.07, 6.45) is -3.08. The lowest BCUT2D eigenvalue weighted by atomic mass is 10.3. The molecule has 16 heavy (non-hydrogen) atoms. The third-order valence-electron chi connectivity index (χ3n) is 1.95. The second-order valence-corrected chi connectivity index (χ2v) is 3.49. The lowest BCUT2D eigenvalue weighted by Crippen LogP contribution is -2.18. The van der Waals surface area contributed by atoms with Gasteiger partial charge in [-0.3, -0.25) is 0 Å². The van der Waals surface area contributed by atoms with Crippen LogP contribution in [-0.2, 0) is 6.54 Å². The van der Waals surface area contributed by atoms with Gasteiger partial charge < -0.3 is 5.32 Å². The number of aromatic nitrogens is 2. The standard InChI is InChI=1S/C10H14F3N3/c1-8-15-6-3-9(16-8)7-14-5-2-4-10(11,12)13/h3,6,14H,2,4-5,7H2,1H3. The molecule has 6 heteroatoms. The average molecular weight is 233 g/mol. The SMILES string of the molecule is Cc1nccc(CNCCCC(F)(F)F)n1. The Hall–Kier alpha value is -1.17. The van der Waals surface area contributed by atoms with Crippen LogP contribution in [0.4, 0.5) is 13.2 Å². The van der Waals surface area contributed by atoms with Crippen LogP contribution in [0.15, 0.2) is 12.3 Å². The summed E-state index contributed by atoms with van der Waals surface area (Å²) in [6.45, 7) is 2.58. The smallest absolute Gasteiger partial charge is 0.311 e. The van der Waals surface area contributed by atoms with Crippen molar-refractivity contribution in [2.24, 2.45) is 0 Å². The van der Waals surface area contributed by atoms with Crippen LogP contribution < -0.4 is 5.32 Å². The molecule has 0 radical (unpaired) electrons. The van der Waals surface area contributed by atoms with E-state index >= 15 is 0 Å². The molecular formula is C10H14F3N3. The third kappa shape index (κ3) is 5.65. The van der Waals surface area contributed by atoms with Gasteiger partial charge in [-0.05, 0) is 26.0 Å². The molecule has 1 aromatic heterocycles. The van der Waals surface area contributed by atoms with Crippen molar-refractivity contribution in [3.8, 4) is 0 Å². The number of alkyl halides is 3. The number of aryl methyl sites for hydroxylation is 1. The number of hydrogen-bond donors (Lipinski definition) is 1. The molecule has 0 aromatic carbocycles. The molecule has 1 aromatic rings. The molecule has 0 unspecified atom stereocenters. The fourth-order valence-corrected chi connectivity index (χ4v) is 1.23. The van der Waals surface area contributed by atoms with Gasteiger partial charge in [0.25, 0.3) is 0 Å². The molecule has 1 rings (SSSR count). The first-order chi connectivity index (χ1) is 7.47. The van der Waals surface area contributed by atoms with Crippen LogP contribution in [-0.4, -0.2) is 22.7 Å². The molecule has 0 fully saturated rings. The molecule has 90 valence electrons. The molecule has 0 saturated heterocycles. The highest BCUT2D eigenvalue weighted by atomic mass is 19.4. The predicted octanol–water partition coefficient (Wildman–Crippen LogP) is 2.22. The van der Waals surface area contributed by atoms with Gasteiger partial charge in [0.05, 0.1) is 5.69 Å². The quantitative estimate of drug-likeness (QED) is 0.792. The summed E-state index contributed by atoms with van der Waals surface area (Å²) in [4.78, 5) is 8.05. The van der Waals surface area contributed by atoms with Gasteiger partial charge >= 0.3 is 6.18 Å². The van der Waals surface area contributed by atoms with E-state index in [1.807, 2.05) is 0 Å². The van der Waals surface area contributed by atoms with E-state index in [-0.39, 0.29) is 6.42 Å². The lowest BCUT2D eigenvalue weighted by molar-refractivity contribution is -0.135. The van der Waals surface area contributed by atoms with E-state index < -0.39 is 12.6 Å². The summed E-state index contributed by atoms with van der Waals surface area (Å²) in [7, 11) is 0. The Labute approximate surface area is 92.1 Å². The number of nitrogens with one attached hydrogen (secondary N) is 1. The number of hydrogen-bond acceptors (Lipinski definition) is 3. The van der Waals surface area contributed by atoms with Crippen molar-refractivity contribution in [2.75, 3.05) is 6.54 Å². The van der Waals surface area contributed by atoms with Crippen molar-refractivity contribution in [3.63, 3.8) is 0 Å². The van der Waals surface area contributed by atoms with Crippen molar-refractivity contribution in [3.05, 3.63) is 23.8 Å². The van der Waals surface area contributed by atoms with Crippen LogP contribution in [0.2, 0.25) is 0 Å². The Morgan fingerprint density at radius 3 is 2.75 bits per heavy atom. The van der Waals surface area contributed by atoms with Crippen molar-refractivity contribution in [1.82, 2.24) is 15.3 Å². The predicted molar refractivity (Wildman–Crippen MR) is 53.8 cm³/mol. The van der Waals surface area contributed by atoms with Gasteiger partial charge in [0.1, 0.15) is 5.82 Å². The Kier molecular flexibility index (Phi) is 4.67. The molecule has 0 bridgehead atoms. The monoisotopic (exact) mass is 233 g/mol. The van der Waals surface area contributed by atoms with Gasteiger partial charge in [-0.2, -0.15) is 13.2 Å². The van der Waals surface area contributed by atoms with E-state index in [4.69, 9.17) is 0 Å². The van der Waals surface area contributed by atoms with Gasteiger partial charge in [-0.1, -0.05) is 0 Å². The number of nitrogens with zero attached hydrogens (tertiary/aromatic N) is 2. The minimum atomic E-state index is -4.06. The highest BCUT2D eigenvalue weighted by Crippen LogP contribution is 2.20. The highest BCUT2D eigenvalue weighted by molar-refractivity contribution is 5.00. The fourth-order valence-electron chi connectivity index (χ4n) is 1.23. The van der Waals surface area contributed by atoms with Crippen molar-refractivity contribution in [1.29, 1.82) is 0 Å². The van der Waals surface area contributed by atoms with Crippen LogP contribution in [0.1, 0.15) is 24.4 Å². The Balaban J connectivity index is 2.17. The molecule has 0 spiro atoms. The maximum Gasteiger partial charge on any atom is 0.389 e. The van der Waals surface area contributed by atoms with E-state index in [1.165, 1.54) is 0 Å². The number of rotatable bonds is 5. The van der Waals surface area contributed by atoms with Gasteiger partial charge in [0.2, 0.25) is 0 Å². The second kappa shape index (κ2) is 5.79. The van der Waals surface area contributed by atoms with E-state index in [9.17, 15) is 13.2 Å². The summed E-state index contributed by atoms with van der Waals surface area (Å²) in [5.41, 5.74) is 0.791. The van der Waals surface area contributed by atoms with E-state index in [2.05, 4.69) is 15.3 Å². The van der Waals surface area contributed by atoms with Gasteiger partial charge in [-0.25, -0.2) is 9.97 Å². The molecule has 3 nitrogen and oxygen atoms in total. The first kappa shape index (κ1) is 12.9. The first-order valence-corrected chi connectivity index (χ1v) is 5.03. The second-order valence-electron chi connectivity index (χ2n) is 3.49. The molecule has 0 aliphatic carbocycles. The Morgan fingerprint density at radius 2 is 2.12 bits per heavy atom. The highest BCUT2D eigenvalue weighted by Gasteiger charge is 2.25. The van der Waals surface area contributed by atoms with Gasteiger partial charge in [0, 0.05) is 19.2 Å². The average Bonchev–Trinajstić information content (AvgIpc) is 2.15. The van der Waals surface area contributed by atoms with Crippen LogP contribution in [0, 0.1) is 6.92 Å². The number of halogens is 3. The molecule has 0 amide bonds. The molecule has 0 saturated carbocycles. The topological polar surface area (TPSA) is 37.8 Å².